The number of nitrogens with zero attached hydrogens (tertiary/aromatic N) is 1. The Morgan fingerprint density at radius 1 is 0.931 bits per heavy atom. The second kappa shape index (κ2) is 10.2. The average Bonchev–Trinajstić information content (AvgIpc) is 2.75. The zero-order valence-corrected chi connectivity index (χ0v) is 16.3. The average molecular weight is 392 g/mol. The number of aromatic nitrogens is 1. The molecule has 0 atom stereocenters. The van der Waals surface area contributed by atoms with Crippen molar-refractivity contribution in [1.82, 2.24) is 9.88 Å². The topological polar surface area (TPSA) is 69.6 Å². The summed E-state index contributed by atoms with van der Waals surface area (Å²) in [5.74, 6) is 0.337. The smallest absolute Gasteiger partial charge is 0.255 e. The van der Waals surface area contributed by atoms with Crippen LogP contribution in [0.2, 0.25) is 0 Å². The van der Waals surface area contributed by atoms with E-state index in [-0.39, 0.29) is 11.5 Å². The molecule has 6 nitrogen and oxygen atoms in total. The van der Waals surface area contributed by atoms with Crippen LogP contribution in [-0.4, -0.2) is 30.8 Å². The van der Waals surface area contributed by atoms with Crippen molar-refractivity contribution >= 4 is 5.91 Å². The van der Waals surface area contributed by atoms with Crippen LogP contribution < -0.4 is 15.6 Å². The van der Waals surface area contributed by atoms with Crippen molar-refractivity contribution < 1.29 is 14.3 Å². The van der Waals surface area contributed by atoms with Gasteiger partial charge in [0.05, 0.1) is 18.7 Å². The first-order valence-corrected chi connectivity index (χ1v) is 9.39. The third-order valence-electron chi connectivity index (χ3n) is 4.40. The first kappa shape index (κ1) is 20.4. The minimum atomic E-state index is -0.196. The fourth-order valence-corrected chi connectivity index (χ4v) is 2.84. The Kier molecular flexibility index (Phi) is 7.19. The highest BCUT2D eigenvalue weighted by molar-refractivity contribution is 5.96. The maximum Gasteiger partial charge on any atom is 0.255 e. The molecule has 0 radical (unpaired) electrons. The van der Waals surface area contributed by atoms with E-state index < -0.39 is 0 Å². The molecule has 3 aromatic rings. The van der Waals surface area contributed by atoms with E-state index in [9.17, 15) is 9.59 Å². The first-order valence-electron chi connectivity index (χ1n) is 9.39. The lowest BCUT2D eigenvalue weighted by Gasteiger charge is -2.12. The van der Waals surface area contributed by atoms with Gasteiger partial charge in [-0.15, -0.1) is 0 Å². The van der Waals surface area contributed by atoms with Gasteiger partial charge in [0.1, 0.15) is 12.4 Å². The second-order valence-corrected chi connectivity index (χ2v) is 6.50. The lowest BCUT2D eigenvalue weighted by molar-refractivity contribution is 0.0943. The van der Waals surface area contributed by atoms with Crippen LogP contribution in [0.5, 0.6) is 5.75 Å². The highest BCUT2D eigenvalue weighted by Crippen LogP contribution is 2.18. The number of methoxy groups -OCH3 is 1. The highest BCUT2D eigenvalue weighted by atomic mass is 16.5. The Hall–Kier alpha value is -3.38. The number of nitrogens with one attached hydrogen (secondary N) is 1. The lowest BCUT2D eigenvalue weighted by Crippen LogP contribution is -2.23. The predicted octanol–water partition coefficient (Wildman–Crippen LogP) is 2.85. The fourth-order valence-electron chi connectivity index (χ4n) is 2.84. The first-order chi connectivity index (χ1) is 14.2. The number of hydrogen-bond donors (Lipinski definition) is 1. The van der Waals surface area contributed by atoms with Crippen LogP contribution in [0.3, 0.4) is 0 Å². The standard InChI is InChI=1S/C23H24N2O4/c1-28-14-15-29-21-7-3-2-6-20(21)23(27)24-16-18-9-11-19(12-10-18)17-25-13-5-4-8-22(25)26/h2-13H,14-17H2,1H3,(H,24,27). The van der Waals surface area contributed by atoms with Gasteiger partial charge >= 0.3 is 0 Å². The van der Waals surface area contributed by atoms with Gasteiger partial charge in [0.15, 0.2) is 0 Å². The van der Waals surface area contributed by atoms with Crippen LogP contribution in [0, 0.1) is 0 Å². The van der Waals surface area contributed by atoms with Crippen LogP contribution in [-0.2, 0) is 17.8 Å². The van der Waals surface area contributed by atoms with Crippen molar-refractivity contribution in [2.45, 2.75) is 13.1 Å². The summed E-state index contributed by atoms with van der Waals surface area (Å²) in [6.45, 7) is 1.75. The third kappa shape index (κ3) is 5.80. The van der Waals surface area contributed by atoms with Crippen LogP contribution in [0.25, 0.3) is 0 Å². The number of carbonyl (C=O) groups excluding carboxylic acids is 1. The van der Waals surface area contributed by atoms with Crippen molar-refractivity contribution in [1.29, 1.82) is 0 Å². The van der Waals surface area contributed by atoms with Gasteiger partial charge in [-0.25, -0.2) is 0 Å². The predicted molar refractivity (Wildman–Crippen MR) is 111 cm³/mol. The second-order valence-electron chi connectivity index (χ2n) is 6.50. The van der Waals surface area contributed by atoms with E-state index in [2.05, 4.69) is 5.32 Å². The summed E-state index contributed by atoms with van der Waals surface area (Å²) in [6.07, 6.45) is 1.77. The number of rotatable bonds is 9. The molecule has 3 rings (SSSR count). The monoisotopic (exact) mass is 392 g/mol. The molecule has 29 heavy (non-hydrogen) atoms. The number of hydrogen-bond acceptors (Lipinski definition) is 4. The molecule has 1 aromatic heterocycles. The molecule has 0 fully saturated rings. The molecule has 0 spiro atoms. The van der Waals surface area contributed by atoms with Gasteiger partial charge in [-0.3, -0.25) is 9.59 Å². The largest absolute Gasteiger partial charge is 0.490 e. The van der Waals surface area contributed by atoms with Gasteiger partial charge < -0.3 is 19.4 Å². The van der Waals surface area contributed by atoms with Gasteiger partial charge in [0.2, 0.25) is 0 Å². The molecular weight excluding hydrogens is 368 g/mol. The van der Waals surface area contributed by atoms with E-state index in [1.807, 2.05) is 36.4 Å². The Bertz CT molecular complexity index is 996. The normalized spacial score (nSPS) is 10.5. The highest BCUT2D eigenvalue weighted by Gasteiger charge is 2.11. The molecule has 150 valence electrons. The zero-order chi connectivity index (χ0) is 20.5. The Morgan fingerprint density at radius 2 is 1.66 bits per heavy atom. The Morgan fingerprint density at radius 3 is 2.41 bits per heavy atom. The number of para-hydroxylation sites is 1. The van der Waals surface area contributed by atoms with Crippen molar-refractivity contribution in [3.8, 4) is 5.75 Å². The van der Waals surface area contributed by atoms with Gasteiger partial charge in [-0.1, -0.05) is 42.5 Å². The maximum absolute atomic E-state index is 12.6. The Balaban J connectivity index is 1.58. The SMILES string of the molecule is COCCOc1ccccc1C(=O)NCc1ccc(Cn2ccccc2=O)cc1. The van der Waals surface area contributed by atoms with Gasteiger partial charge in [-0.2, -0.15) is 0 Å². The molecule has 0 unspecified atom stereocenters. The molecule has 1 N–H and O–H groups in total. The zero-order valence-electron chi connectivity index (χ0n) is 16.3. The molecule has 0 saturated carbocycles. The van der Waals surface area contributed by atoms with E-state index in [1.165, 1.54) is 0 Å². The number of carbonyl (C=O) groups is 1. The van der Waals surface area contributed by atoms with Crippen LogP contribution >= 0.6 is 0 Å². The molecular formula is C23H24N2O4. The van der Waals surface area contributed by atoms with E-state index in [4.69, 9.17) is 9.47 Å². The molecule has 2 aromatic carbocycles. The van der Waals surface area contributed by atoms with Gasteiger partial charge in [0.25, 0.3) is 11.5 Å². The number of ether oxygens (including phenoxy) is 2. The summed E-state index contributed by atoms with van der Waals surface area (Å²) in [5, 5.41) is 2.92. The van der Waals surface area contributed by atoms with E-state index in [1.54, 1.807) is 48.2 Å². The lowest BCUT2D eigenvalue weighted by atomic mass is 10.1. The Labute approximate surface area is 169 Å². The van der Waals surface area contributed by atoms with Crippen molar-refractivity contribution in [3.63, 3.8) is 0 Å². The summed E-state index contributed by atoms with van der Waals surface area (Å²) >= 11 is 0. The third-order valence-corrected chi connectivity index (χ3v) is 4.40. The fraction of sp³-hybridized carbons (Fsp3) is 0.217. The molecule has 0 aliphatic rings. The molecule has 0 aliphatic carbocycles. The van der Waals surface area contributed by atoms with E-state index in [0.717, 1.165) is 11.1 Å². The quantitative estimate of drug-likeness (QED) is 0.569. The summed E-state index contributed by atoms with van der Waals surface area (Å²) in [4.78, 5) is 24.4. The van der Waals surface area contributed by atoms with Crippen molar-refractivity contribution in [3.05, 3.63) is 100.0 Å². The molecule has 0 bridgehead atoms. The summed E-state index contributed by atoms with van der Waals surface area (Å²) in [5.41, 5.74) is 2.45. The van der Waals surface area contributed by atoms with Crippen LogP contribution in [0.1, 0.15) is 21.5 Å². The molecule has 0 aliphatic heterocycles. The minimum absolute atomic E-state index is 0.0322. The van der Waals surface area contributed by atoms with Crippen molar-refractivity contribution in [2.24, 2.45) is 0 Å². The van der Waals surface area contributed by atoms with E-state index in [0.29, 0.717) is 37.6 Å². The molecule has 0 saturated heterocycles. The molecule has 1 amide bonds. The van der Waals surface area contributed by atoms with E-state index >= 15 is 0 Å². The van der Waals surface area contributed by atoms with Crippen LogP contribution in [0.4, 0.5) is 0 Å². The van der Waals surface area contributed by atoms with Gasteiger partial charge in [0, 0.05) is 25.9 Å². The molecule has 6 heteroatoms. The minimum Gasteiger partial charge on any atom is -0.490 e. The summed E-state index contributed by atoms with van der Waals surface area (Å²) in [7, 11) is 1.60. The number of pyridine rings is 1. The molecule has 1 heterocycles. The van der Waals surface area contributed by atoms with Gasteiger partial charge in [-0.05, 0) is 29.3 Å². The summed E-state index contributed by atoms with van der Waals surface area (Å²) < 4.78 is 12.2. The van der Waals surface area contributed by atoms with Crippen LogP contribution in [0.15, 0.2) is 77.7 Å². The number of amides is 1. The number of benzene rings is 2. The summed E-state index contributed by atoms with van der Waals surface area (Å²) in [6, 6.07) is 20.1. The maximum atomic E-state index is 12.6. The van der Waals surface area contributed by atoms with Crippen molar-refractivity contribution in [2.75, 3.05) is 20.3 Å².